The standard InChI is InChI=1S/C22H16N4O5S2/c1-12(13-5-3-2-4-6-13)30-21(29)24-14-11-23-31-15(14)7-8-16-25-17-18(32-16)33-19(26-17)22(9-10-22)20(27)28/h2-6,11-12H,9-10H2,1H3,(H,24,29)(H,27,28). The molecule has 5 rings (SSSR count). The molecule has 4 aromatic rings. The molecule has 1 saturated carbocycles. The maximum Gasteiger partial charge on any atom is 0.412 e. The molecule has 1 aliphatic rings. The van der Waals surface area contributed by atoms with Crippen molar-refractivity contribution in [1.29, 1.82) is 0 Å². The number of carboxylic acid groups (broad SMARTS) is 1. The van der Waals surface area contributed by atoms with E-state index in [2.05, 4.69) is 32.3 Å². The number of amides is 1. The highest BCUT2D eigenvalue weighted by molar-refractivity contribution is 7.38. The lowest BCUT2D eigenvalue weighted by molar-refractivity contribution is -0.140. The summed E-state index contributed by atoms with van der Waals surface area (Å²) in [4.78, 5) is 32.5. The van der Waals surface area contributed by atoms with E-state index in [0.29, 0.717) is 28.5 Å². The number of benzene rings is 1. The van der Waals surface area contributed by atoms with Crippen molar-refractivity contribution in [3.05, 3.63) is 57.9 Å². The Balaban J connectivity index is 1.27. The van der Waals surface area contributed by atoms with Crippen LogP contribution in [0.15, 0.2) is 41.1 Å². The Bertz CT molecular complexity index is 1380. The maximum atomic E-state index is 12.3. The van der Waals surface area contributed by atoms with E-state index >= 15 is 0 Å². The van der Waals surface area contributed by atoms with E-state index < -0.39 is 23.6 Å². The van der Waals surface area contributed by atoms with E-state index in [1.54, 1.807) is 6.92 Å². The van der Waals surface area contributed by atoms with E-state index in [9.17, 15) is 14.7 Å². The number of hydrogen-bond acceptors (Lipinski definition) is 9. The smallest absolute Gasteiger partial charge is 0.412 e. The predicted octanol–water partition coefficient (Wildman–Crippen LogP) is 4.57. The molecule has 11 heteroatoms. The average Bonchev–Trinajstić information content (AvgIpc) is 3.12. The molecule has 1 aliphatic carbocycles. The van der Waals surface area contributed by atoms with Gasteiger partial charge in [0, 0.05) is 0 Å². The summed E-state index contributed by atoms with van der Waals surface area (Å²) in [6.45, 7) is 1.78. The third-order valence-electron chi connectivity index (χ3n) is 5.19. The zero-order valence-electron chi connectivity index (χ0n) is 17.2. The molecule has 1 fully saturated rings. The first-order valence-corrected chi connectivity index (χ1v) is 11.6. The van der Waals surface area contributed by atoms with Gasteiger partial charge in [-0.15, -0.1) is 11.3 Å². The van der Waals surface area contributed by atoms with Gasteiger partial charge < -0.3 is 14.4 Å². The molecule has 33 heavy (non-hydrogen) atoms. The number of anilines is 1. The predicted molar refractivity (Wildman–Crippen MR) is 121 cm³/mol. The monoisotopic (exact) mass is 480 g/mol. The fraction of sp³-hybridized carbons (Fsp3) is 0.227. The minimum absolute atomic E-state index is 0.161. The van der Waals surface area contributed by atoms with Gasteiger partial charge in [0.2, 0.25) is 5.76 Å². The van der Waals surface area contributed by atoms with Gasteiger partial charge in [-0.1, -0.05) is 46.8 Å². The molecule has 1 unspecified atom stereocenters. The largest absolute Gasteiger partial charge is 0.481 e. The molecule has 0 aliphatic heterocycles. The van der Waals surface area contributed by atoms with Crippen LogP contribution >= 0.6 is 22.7 Å². The lowest BCUT2D eigenvalue weighted by Crippen LogP contribution is -2.18. The third-order valence-corrected chi connectivity index (χ3v) is 7.49. The second-order valence-corrected chi connectivity index (χ2v) is 9.69. The molecular formula is C22H16N4O5S2. The number of rotatable bonds is 5. The van der Waals surface area contributed by atoms with Gasteiger partial charge >= 0.3 is 12.1 Å². The second kappa shape index (κ2) is 8.31. The quantitative estimate of drug-likeness (QED) is 0.398. The second-order valence-electron chi connectivity index (χ2n) is 7.44. The van der Waals surface area contributed by atoms with Gasteiger partial charge in [0.1, 0.15) is 26.2 Å². The van der Waals surface area contributed by atoms with Crippen molar-refractivity contribution in [2.45, 2.75) is 31.3 Å². The van der Waals surface area contributed by atoms with E-state index in [-0.39, 0.29) is 11.4 Å². The topological polar surface area (TPSA) is 127 Å². The van der Waals surface area contributed by atoms with E-state index in [4.69, 9.17) is 9.26 Å². The summed E-state index contributed by atoms with van der Waals surface area (Å²) in [5.41, 5.74) is 0.800. The number of hydrogen-bond donors (Lipinski definition) is 2. The lowest BCUT2D eigenvalue weighted by atomic mass is 10.1. The summed E-state index contributed by atoms with van der Waals surface area (Å²) >= 11 is 2.67. The van der Waals surface area contributed by atoms with Crippen molar-refractivity contribution in [3.8, 4) is 11.8 Å². The Hall–Kier alpha value is -3.75. The number of nitrogens with one attached hydrogen (secondary N) is 1. The number of carboxylic acids is 1. The van der Waals surface area contributed by atoms with Crippen LogP contribution in [0, 0.1) is 11.8 Å². The molecule has 1 amide bonds. The van der Waals surface area contributed by atoms with Crippen molar-refractivity contribution in [3.63, 3.8) is 0 Å². The molecule has 0 radical (unpaired) electrons. The molecule has 166 valence electrons. The SMILES string of the molecule is CC(OC(=O)Nc1cnoc1C#Cc1nc2nc(C3(C(=O)O)CC3)sc2s1)c1ccccc1. The first-order valence-electron chi connectivity index (χ1n) is 9.95. The molecule has 3 aromatic heterocycles. The molecule has 0 spiro atoms. The normalized spacial score (nSPS) is 14.8. The molecule has 1 atom stereocenters. The highest BCUT2D eigenvalue weighted by Crippen LogP contribution is 2.51. The third kappa shape index (κ3) is 4.18. The number of ether oxygens (including phenoxy) is 1. The van der Waals surface area contributed by atoms with Crippen LogP contribution in [-0.4, -0.2) is 32.3 Å². The van der Waals surface area contributed by atoms with Gasteiger partial charge in [0.25, 0.3) is 0 Å². The Kier molecular flexibility index (Phi) is 5.32. The molecule has 3 heterocycles. The summed E-state index contributed by atoms with van der Waals surface area (Å²) in [7, 11) is 0. The summed E-state index contributed by atoms with van der Waals surface area (Å²) in [6, 6.07) is 9.37. The van der Waals surface area contributed by atoms with Crippen molar-refractivity contribution < 1.29 is 24.0 Å². The van der Waals surface area contributed by atoms with Gasteiger partial charge in [-0.05, 0) is 37.2 Å². The lowest BCUT2D eigenvalue weighted by Gasteiger charge is -2.13. The van der Waals surface area contributed by atoms with Gasteiger partial charge in [-0.3, -0.25) is 10.1 Å². The van der Waals surface area contributed by atoms with Crippen LogP contribution in [0.3, 0.4) is 0 Å². The number of nitrogens with zero attached hydrogens (tertiary/aromatic N) is 3. The molecule has 0 bridgehead atoms. The minimum Gasteiger partial charge on any atom is -0.481 e. The van der Waals surface area contributed by atoms with Gasteiger partial charge in [0.15, 0.2) is 10.7 Å². The molecular weight excluding hydrogens is 464 g/mol. The zero-order chi connectivity index (χ0) is 23.0. The van der Waals surface area contributed by atoms with Crippen LogP contribution in [0.2, 0.25) is 0 Å². The van der Waals surface area contributed by atoms with Crippen LogP contribution in [-0.2, 0) is 14.9 Å². The maximum absolute atomic E-state index is 12.3. The number of carbonyl (C=O) groups excluding carboxylic acids is 1. The minimum atomic E-state index is -0.843. The summed E-state index contributed by atoms with van der Waals surface area (Å²) < 4.78 is 11.3. The van der Waals surface area contributed by atoms with Crippen molar-refractivity contribution in [2.75, 3.05) is 5.32 Å². The van der Waals surface area contributed by atoms with Crippen molar-refractivity contribution in [1.82, 2.24) is 15.1 Å². The Morgan fingerprint density at radius 2 is 2.00 bits per heavy atom. The van der Waals surface area contributed by atoms with E-state index in [0.717, 1.165) is 9.58 Å². The summed E-state index contributed by atoms with van der Waals surface area (Å²) in [5, 5.41) is 16.8. The first-order chi connectivity index (χ1) is 15.9. The van der Waals surface area contributed by atoms with Crippen molar-refractivity contribution in [2.24, 2.45) is 0 Å². The van der Waals surface area contributed by atoms with Crippen LogP contribution in [0.5, 0.6) is 0 Å². The van der Waals surface area contributed by atoms with Gasteiger partial charge in [-0.25, -0.2) is 14.8 Å². The number of carbonyl (C=O) groups is 2. The van der Waals surface area contributed by atoms with Gasteiger partial charge in [-0.2, -0.15) is 0 Å². The number of aromatic nitrogens is 3. The Morgan fingerprint density at radius 3 is 2.70 bits per heavy atom. The zero-order valence-corrected chi connectivity index (χ0v) is 18.8. The number of aliphatic carboxylic acids is 1. The van der Waals surface area contributed by atoms with Crippen LogP contribution in [0.1, 0.15) is 47.2 Å². The van der Waals surface area contributed by atoms with Gasteiger partial charge in [0.05, 0.1) is 6.20 Å². The van der Waals surface area contributed by atoms with Crippen LogP contribution in [0.4, 0.5) is 10.5 Å². The fourth-order valence-electron chi connectivity index (χ4n) is 3.17. The number of fused-ring (bicyclic) bond motifs is 1. The molecule has 2 N–H and O–H groups in total. The average molecular weight is 481 g/mol. The first kappa shape index (κ1) is 21.1. The highest BCUT2D eigenvalue weighted by Gasteiger charge is 2.54. The van der Waals surface area contributed by atoms with E-state index in [1.165, 1.54) is 28.9 Å². The highest BCUT2D eigenvalue weighted by atomic mass is 32.2. The van der Waals surface area contributed by atoms with E-state index in [1.807, 2.05) is 30.3 Å². The van der Waals surface area contributed by atoms with Crippen molar-refractivity contribution >= 4 is 50.1 Å². The van der Waals surface area contributed by atoms with Crippen LogP contribution in [0.25, 0.3) is 9.66 Å². The number of thiazole rings is 2. The summed E-state index contributed by atoms with van der Waals surface area (Å²) in [6.07, 6.45) is 1.45. The Morgan fingerprint density at radius 1 is 1.21 bits per heavy atom. The Labute approximate surface area is 195 Å². The fourth-order valence-corrected chi connectivity index (χ4v) is 5.38. The van der Waals surface area contributed by atoms with Crippen LogP contribution < -0.4 is 5.32 Å². The molecule has 9 nitrogen and oxygen atoms in total. The summed E-state index contributed by atoms with van der Waals surface area (Å²) in [5.74, 6) is 5.01. The molecule has 0 saturated heterocycles. The molecule has 1 aromatic carbocycles.